The monoisotopic (exact) mass is 260 g/mol. The highest BCUT2D eigenvalue weighted by Gasteiger charge is 2.18. The highest BCUT2D eigenvalue weighted by Crippen LogP contribution is 2.22. The first-order valence-electron chi connectivity index (χ1n) is 6.23. The van der Waals surface area contributed by atoms with Crippen molar-refractivity contribution in [2.24, 2.45) is 0 Å². The number of para-hydroxylation sites is 1. The van der Waals surface area contributed by atoms with Gasteiger partial charge in [-0.1, -0.05) is 25.1 Å². The predicted octanol–water partition coefficient (Wildman–Crippen LogP) is 1.93. The number of carboxylic acid groups (broad SMARTS) is 1. The maximum absolute atomic E-state index is 11.8. The average Bonchev–Trinajstić information content (AvgIpc) is 2.76. The SMILES string of the molecule is CCCNC(=O)Cc1c(C(=O)O)[nH]c2ccccc12. The molecule has 0 fully saturated rings. The Labute approximate surface area is 110 Å². The Morgan fingerprint density at radius 3 is 2.74 bits per heavy atom. The van der Waals surface area contributed by atoms with Gasteiger partial charge in [0.2, 0.25) is 5.91 Å². The Hall–Kier alpha value is -2.30. The molecule has 0 spiro atoms. The number of carbonyl (C=O) groups is 2. The van der Waals surface area contributed by atoms with Crippen molar-refractivity contribution in [2.75, 3.05) is 6.54 Å². The Morgan fingerprint density at radius 2 is 2.05 bits per heavy atom. The second kappa shape index (κ2) is 5.56. The summed E-state index contributed by atoms with van der Waals surface area (Å²) in [5, 5.41) is 12.7. The number of fused-ring (bicyclic) bond motifs is 1. The van der Waals surface area contributed by atoms with Crippen LogP contribution >= 0.6 is 0 Å². The number of aromatic carboxylic acids is 1. The summed E-state index contributed by atoms with van der Waals surface area (Å²) >= 11 is 0. The predicted molar refractivity (Wildman–Crippen MR) is 72.3 cm³/mol. The van der Waals surface area contributed by atoms with E-state index in [1.54, 1.807) is 6.07 Å². The highest BCUT2D eigenvalue weighted by atomic mass is 16.4. The molecular formula is C14H16N2O3. The number of aromatic nitrogens is 1. The third-order valence-electron chi connectivity index (χ3n) is 2.94. The van der Waals surface area contributed by atoms with Crippen LogP contribution in [0.1, 0.15) is 29.4 Å². The van der Waals surface area contributed by atoms with Gasteiger partial charge in [0.15, 0.2) is 0 Å². The summed E-state index contributed by atoms with van der Waals surface area (Å²) in [5.74, 6) is -1.21. The first-order valence-corrected chi connectivity index (χ1v) is 6.23. The Balaban J connectivity index is 2.36. The van der Waals surface area contributed by atoms with Gasteiger partial charge in [0, 0.05) is 23.0 Å². The van der Waals surface area contributed by atoms with E-state index >= 15 is 0 Å². The number of hydrogen-bond donors (Lipinski definition) is 3. The van der Waals surface area contributed by atoms with E-state index < -0.39 is 5.97 Å². The molecule has 0 unspecified atom stereocenters. The molecule has 5 nitrogen and oxygen atoms in total. The summed E-state index contributed by atoms with van der Waals surface area (Å²) in [6.07, 6.45) is 0.928. The van der Waals surface area contributed by atoms with Crippen LogP contribution in [0.25, 0.3) is 10.9 Å². The standard InChI is InChI=1S/C14H16N2O3/c1-2-7-15-12(17)8-10-9-5-3-4-6-11(9)16-13(10)14(18)19/h3-6,16H,2,7-8H2,1H3,(H,15,17)(H,18,19). The fourth-order valence-electron chi connectivity index (χ4n) is 2.05. The van der Waals surface area contributed by atoms with Crippen LogP contribution in [-0.2, 0) is 11.2 Å². The van der Waals surface area contributed by atoms with Crippen molar-refractivity contribution >= 4 is 22.8 Å². The van der Waals surface area contributed by atoms with Gasteiger partial charge in [-0.3, -0.25) is 4.79 Å². The van der Waals surface area contributed by atoms with Crippen molar-refractivity contribution in [2.45, 2.75) is 19.8 Å². The molecule has 0 atom stereocenters. The van der Waals surface area contributed by atoms with Crippen LogP contribution in [0, 0.1) is 0 Å². The minimum Gasteiger partial charge on any atom is -0.477 e. The molecule has 0 aliphatic rings. The molecule has 1 heterocycles. The molecular weight excluding hydrogens is 244 g/mol. The molecule has 1 aromatic carbocycles. The van der Waals surface area contributed by atoms with Crippen LogP contribution in [0.3, 0.4) is 0 Å². The molecule has 100 valence electrons. The Morgan fingerprint density at radius 1 is 1.32 bits per heavy atom. The number of carboxylic acids is 1. The zero-order valence-corrected chi connectivity index (χ0v) is 10.7. The lowest BCUT2D eigenvalue weighted by atomic mass is 10.1. The quantitative estimate of drug-likeness (QED) is 0.768. The van der Waals surface area contributed by atoms with E-state index in [1.165, 1.54) is 0 Å². The Kier molecular flexibility index (Phi) is 3.85. The van der Waals surface area contributed by atoms with Gasteiger partial charge in [-0.05, 0) is 12.5 Å². The number of carbonyl (C=O) groups excluding carboxylic acids is 1. The highest BCUT2D eigenvalue weighted by molar-refractivity contribution is 5.99. The van der Waals surface area contributed by atoms with Crippen molar-refractivity contribution in [1.29, 1.82) is 0 Å². The summed E-state index contributed by atoms with van der Waals surface area (Å²) in [6, 6.07) is 7.27. The van der Waals surface area contributed by atoms with Gasteiger partial charge < -0.3 is 15.4 Å². The van der Waals surface area contributed by atoms with Crippen LogP contribution in [0.5, 0.6) is 0 Å². The average molecular weight is 260 g/mol. The molecule has 0 saturated heterocycles. The third-order valence-corrected chi connectivity index (χ3v) is 2.94. The van der Waals surface area contributed by atoms with Gasteiger partial charge in [0.25, 0.3) is 0 Å². The molecule has 0 aliphatic carbocycles. The first kappa shape index (κ1) is 13.1. The molecule has 2 aromatic rings. The molecule has 3 N–H and O–H groups in total. The van der Waals surface area contributed by atoms with E-state index in [9.17, 15) is 14.7 Å². The lowest BCUT2D eigenvalue weighted by Crippen LogP contribution is -2.26. The van der Waals surface area contributed by atoms with E-state index in [4.69, 9.17) is 0 Å². The molecule has 2 rings (SSSR count). The van der Waals surface area contributed by atoms with Crippen LogP contribution in [0.2, 0.25) is 0 Å². The van der Waals surface area contributed by atoms with Crippen molar-refractivity contribution in [3.8, 4) is 0 Å². The number of hydrogen-bond acceptors (Lipinski definition) is 2. The van der Waals surface area contributed by atoms with Crippen molar-refractivity contribution in [1.82, 2.24) is 10.3 Å². The summed E-state index contributed by atoms with van der Waals surface area (Å²) in [6.45, 7) is 2.57. The number of nitrogens with one attached hydrogen (secondary N) is 2. The number of benzene rings is 1. The summed E-state index contributed by atoms with van der Waals surface area (Å²) < 4.78 is 0. The van der Waals surface area contributed by atoms with E-state index in [-0.39, 0.29) is 18.0 Å². The second-order valence-electron chi connectivity index (χ2n) is 4.36. The molecule has 0 aliphatic heterocycles. The van der Waals surface area contributed by atoms with Gasteiger partial charge >= 0.3 is 5.97 Å². The van der Waals surface area contributed by atoms with Crippen LogP contribution in [-0.4, -0.2) is 28.5 Å². The lowest BCUT2D eigenvalue weighted by molar-refractivity contribution is -0.120. The van der Waals surface area contributed by atoms with E-state index in [0.29, 0.717) is 12.1 Å². The van der Waals surface area contributed by atoms with E-state index in [2.05, 4.69) is 10.3 Å². The largest absolute Gasteiger partial charge is 0.477 e. The summed E-state index contributed by atoms with van der Waals surface area (Å²) in [4.78, 5) is 25.8. The van der Waals surface area contributed by atoms with Crippen LogP contribution in [0.15, 0.2) is 24.3 Å². The maximum Gasteiger partial charge on any atom is 0.352 e. The number of aromatic amines is 1. The van der Waals surface area contributed by atoms with Gasteiger partial charge in [-0.25, -0.2) is 4.79 Å². The fourth-order valence-corrected chi connectivity index (χ4v) is 2.05. The molecule has 5 heteroatoms. The van der Waals surface area contributed by atoms with Gasteiger partial charge in [-0.2, -0.15) is 0 Å². The van der Waals surface area contributed by atoms with Crippen molar-refractivity contribution in [3.63, 3.8) is 0 Å². The molecule has 19 heavy (non-hydrogen) atoms. The fraction of sp³-hybridized carbons (Fsp3) is 0.286. The van der Waals surface area contributed by atoms with Gasteiger partial charge in [0.1, 0.15) is 5.69 Å². The second-order valence-corrected chi connectivity index (χ2v) is 4.36. The Bertz CT molecular complexity index is 616. The van der Waals surface area contributed by atoms with E-state index in [0.717, 1.165) is 17.3 Å². The van der Waals surface area contributed by atoms with Gasteiger partial charge in [-0.15, -0.1) is 0 Å². The van der Waals surface area contributed by atoms with Gasteiger partial charge in [0.05, 0.1) is 6.42 Å². The first-order chi connectivity index (χ1) is 9.13. The minimum absolute atomic E-state index is 0.0750. The minimum atomic E-state index is -1.05. The third kappa shape index (κ3) is 2.76. The zero-order valence-electron chi connectivity index (χ0n) is 10.7. The molecule has 0 bridgehead atoms. The van der Waals surface area contributed by atoms with Crippen molar-refractivity contribution < 1.29 is 14.7 Å². The van der Waals surface area contributed by atoms with E-state index in [1.807, 2.05) is 25.1 Å². The molecule has 0 radical (unpaired) electrons. The normalized spacial score (nSPS) is 10.6. The molecule has 1 aromatic heterocycles. The lowest BCUT2D eigenvalue weighted by Gasteiger charge is -2.04. The van der Waals surface area contributed by atoms with Crippen LogP contribution < -0.4 is 5.32 Å². The summed E-state index contributed by atoms with van der Waals surface area (Å²) in [5.41, 5.74) is 1.36. The van der Waals surface area contributed by atoms with Crippen molar-refractivity contribution in [3.05, 3.63) is 35.5 Å². The smallest absolute Gasteiger partial charge is 0.352 e. The number of H-pyrrole nitrogens is 1. The number of amides is 1. The number of rotatable bonds is 5. The zero-order chi connectivity index (χ0) is 13.8. The molecule has 0 saturated carbocycles. The maximum atomic E-state index is 11.8. The summed E-state index contributed by atoms with van der Waals surface area (Å²) in [7, 11) is 0. The van der Waals surface area contributed by atoms with Crippen LogP contribution in [0.4, 0.5) is 0 Å². The topological polar surface area (TPSA) is 82.2 Å². The molecule has 1 amide bonds.